The van der Waals surface area contributed by atoms with Gasteiger partial charge in [-0.05, 0) is 19.4 Å². The number of hydrogen-bond acceptors (Lipinski definition) is 10. The second-order valence-corrected chi connectivity index (χ2v) is 11.7. The van der Waals surface area contributed by atoms with Gasteiger partial charge in [-0.2, -0.15) is 8.42 Å². The molecule has 1 aromatic rings. The van der Waals surface area contributed by atoms with Gasteiger partial charge in [0, 0.05) is 6.26 Å². The van der Waals surface area contributed by atoms with Crippen molar-refractivity contribution in [3.63, 3.8) is 0 Å². The average molecular weight is 467 g/mol. The minimum atomic E-state index is -4.12. The molecule has 2 saturated heterocycles. The Balaban J connectivity index is 1.99. The SMILES string of the molecule is CC1(C)OC2O[C@](COS(C)(=O)=O)(C(O)S(C)(=O)=O)[C@@H](OCc3ccccc3)[C@H]2O1. The summed E-state index contributed by atoms with van der Waals surface area (Å²) in [5.41, 5.74) is -3.49. The molecule has 5 atom stereocenters. The fraction of sp³-hybridized carbons (Fsp3) is 0.667. The standard InChI is InChI=1S/C18H26O10S2/c1-17(2)26-13-14(24-10-12-8-6-5-7-9-12)18(28-15(13)27-17,11-25-30(4,22)23)16(19)29(3,20)21/h5-9,13-16,19H,10-11H2,1-4H3/t13-,14+,15?,16?,18+/m1/s1. The van der Waals surface area contributed by atoms with E-state index in [0.29, 0.717) is 0 Å². The van der Waals surface area contributed by atoms with E-state index >= 15 is 0 Å². The van der Waals surface area contributed by atoms with E-state index in [4.69, 9.17) is 23.1 Å². The number of benzene rings is 1. The predicted octanol–water partition coefficient (Wildman–Crippen LogP) is 0.158. The third kappa shape index (κ3) is 5.02. The summed E-state index contributed by atoms with van der Waals surface area (Å²) in [5.74, 6) is -1.05. The number of ether oxygens (including phenoxy) is 4. The zero-order chi connectivity index (χ0) is 22.4. The Morgan fingerprint density at radius 3 is 2.27 bits per heavy atom. The molecular formula is C18H26O10S2. The number of rotatable bonds is 8. The molecule has 170 valence electrons. The molecule has 0 spiro atoms. The largest absolute Gasteiger partial charge is 0.375 e. The Morgan fingerprint density at radius 2 is 1.70 bits per heavy atom. The molecule has 2 unspecified atom stereocenters. The van der Waals surface area contributed by atoms with E-state index in [1.165, 1.54) is 0 Å². The first kappa shape index (κ1) is 23.5. The van der Waals surface area contributed by atoms with Gasteiger partial charge in [0.15, 0.2) is 33.0 Å². The summed E-state index contributed by atoms with van der Waals surface area (Å²) in [6.07, 6.45) is -1.63. The lowest BCUT2D eigenvalue weighted by molar-refractivity contribution is -0.261. The molecule has 3 rings (SSSR count). The maximum absolute atomic E-state index is 12.2. The summed E-state index contributed by atoms with van der Waals surface area (Å²) >= 11 is 0. The van der Waals surface area contributed by atoms with Crippen molar-refractivity contribution in [1.29, 1.82) is 0 Å². The third-order valence-corrected chi connectivity index (χ3v) is 6.55. The van der Waals surface area contributed by atoms with Gasteiger partial charge in [-0.1, -0.05) is 30.3 Å². The van der Waals surface area contributed by atoms with E-state index in [1.807, 2.05) is 6.07 Å². The van der Waals surface area contributed by atoms with Crippen LogP contribution in [0, 0.1) is 0 Å². The first-order valence-electron chi connectivity index (χ1n) is 9.14. The van der Waals surface area contributed by atoms with E-state index in [-0.39, 0.29) is 6.61 Å². The van der Waals surface area contributed by atoms with Crippen molar-refractivity contribution in [2.45, 2.75) is 55.8 Å². The van der Waals surface area contributed by atoms with Crippen molar-refractivity contribution in [2.75, 3.05) is 19.1 Å². The van der Waals surface area contributed by atoms with Crippen molar-refractivity contribution < 1.29 is 45.1 Å². The first-order chi connectivity index (χ1) is 13.7. The van der Waals surface area contributed by atoms with Gasteiger partial charge >= 0.3 is 0 Å². The van der Waals surface area contributed by atoms with Crippen molar-refractivity contribution >= 4 is 20.0 Å². The van der Waals surface area contributed by atoms with Crippen molar-refractivity contribution in [2.24, 2.45) is 0 Å². The van der Waals surface area contributed by atoms with Crippen LogP contribution in [0.1, 0.15) is 19.4 Å². The maximum Gasteiger partial charge on any atom is 0.264 e. The van der Waals surface area contributed by atoms with Gasteiger partial charge in [0.2, 0.25) is 0 Å². The lowest BCUT2D eigenvalue weighted by Gasteiger charge is -2.38. The fourth-order valence-corrected chi connectivity index (χ4v) is 4.94. The number of aliphatic hydroxyl groups excluding tert-OH is 1. The van der Waals surface area contributed by atoms with Gasteiger partial charge in [0.25, 0.3) is 10.1 Å². The summed E-state index contributed by atoms with van der Waals surface area (Å²) in [7, 11) is -8.11. The number of aliphatic hydroxyl groups is 1. The van der Waals surface area contributed by atoms with E-state index < -0.39 is 61.9 Å². The van der Waals surface area contributed by atoms with Crippen LogP contribution >= 0.6 is 0 Å². The second kappa shape index (κ2) is 8.10. The second-order valence-electron chi connectivity index (χ2n) is 7.91. The van der Waals surface area contributed by atoms with Crippen LogP contribution in [0.5, 0.6) is 0 Å². The number of hydrogen-bond donors (Lipinski definition) is 1. The Morgan fingerprint density at radius 1 is 1.07 bits per heavy atom. The van der Waals surface area contributed by atoms with Gasteiger partial charge in [-0.3, -0.25) is 4.18 Å². The lowest BCUT2D eigenvalue weighted by atomic mass is 9.96. The molecule has 0 bridgehead atoms. The Labute approximate surface area is 176 Å². The monoisotopic (exact) mass is 466 g/mol. The topological polar surface area (TPSA) is 135 Å². The van der Waals surface area contributed by atoms with E-state index in [0.717, 1.165) is 18.1 Å². The third-order valence-electron chi connectivity index (χ3n) is 4.80. The Bertz CT molecular complexity index is 960. The molecule has 2 aliphatic rings. The van der Waals surface area contributed by atoms with Crippen LogP contribution in [-0.4, -0.2) is 76.4 Å². The first-order valence-corrected chi connectivity index (χ1v) is 12.9. The molecule has 30 heavy (non-hydrogen) atoms. The molecule has 10 nitrogen and oxygen atoms in total. The van der Waals surface area contributed by atoms with Gasteiger partial charge in [-0.15, -0.1) is 0 Å². The van der Waals surface area contributed by atoms with Crippen molar-refractivity contribution in [3.05, 3.63) is 35.9 Å². The van der Waals surface area contributed by atoms with E-state index in [9.17, 15) is 21.9 Å². The summed E-state index contributed by atoms with van der Waals surface area (Å²) < 4.78 is 75.9. The highest BCUT2D eigenvalue weighted by Crippen LogP contribution is 2.46. The summed E-state index contributed by atoms with van der Waals surface area (Å²) in [5, 5.41) is 10.7. The minimum Gasteiger partial charge on any atom is -0.375 e. The van der Waals surface area contributed by atoms with Crippen LogP contribution in [0.15, 0.2) is 30.3 Å². The molecule has 0 amide bonds. The van der Waals surface area contributed by atoms with Crippen molar-refractivity contribution in [1.82, 2.24) is 0 Å². The minimum absolute atomic E-state index is 0.0268. The van der Waals surface area contributed by atoms with Gasteiger partial charge in [0.1, 0.15) is 18.8 Å². The highest BCUT2D eigenvalue weighted by atomic mass is 32.2. The van der Waals surface area contributed by atoms with E-state index in [2.05, 4.69) is 0 Å². The lowest BCUT2D eigenvalue weighted by Crippen LogP contribution is -2.60. The molecular weight excluding hydrogens is 440 g/mol. The average Bonchev–Trinajstić information content (AvgIpc) is 3.06. The molecule has 12 heteroatoms. The van der Waals surface area contributed by atoms with Crippen LogP contribution < -0.4 is 0 Å². The molecule has 1 aromatic carbocycles. The smallest absolute Gasteiger partial charge is 0.264 e. The highest BCUT2D eigenvalue weighted by molar-refractivity contribution is 7.91. The molecule has 1 N–H and O–H groups in total. The molecule has 2 aliphatic heterocycles. The highest BCUT2D eigenvalue weighted by Gasteiger charge is 2.67. The van der Waals surface area contributed by atoms with Gasteiger partial charge < -0.3 is 24.1 Å². The van der Waals surface area contributed by atoms with Gasteiger partial charge in [0.05, 0.1) is 12.9 Å². The Hall–Kier alpha value is -1.12. The normalized spacial score (nSPS) is 32.1. The quantitative estimate of drug-likeness (QED) is 0.528. The molecule has 0 aromatic heterocycles. The van der Waals surface area contributed by atoms with E-state index in [1.54, 1.807) is 38.1 Å². The van der Waals surface area contributed by atoms with Crippen LogP contribution in [0.3, 0.4) is 0 Å². The Kier molecular flexibility index (Phi) is 6.35. The van der Waals surface area contributed by atoms with Gasteiger partial charge in [-0.25, -0.2) is 8.42 Å². The molecule has 0 saturated carbocycles. The summed E-state index contributed by atoms with van der Waals surface area (Å²) in [6.45, 7) is 2.51. The summed E-state index contributed by atoms with van der Waals surface area (Å²) in [6, 6.07) is 9.02. The number of fused-ring (bicyclic) bond motifs is 1. The molecule has 0 radical (unpaired) electrons. The molecule has 2 fully saturated rings. The van der Waals surface area contributed by atoms with Crippen molar-refractivity contribution in [3.8, 4) is 0 Å². The number of sulfone groups is 1. The summed E-state index contributed by atoms with van der Waals surface area (Å²) in [4.78, 5) is 0. The van der Waals surface area contributed by atoms with Crippen LogP contribution in [-0.2, 0) is 49.7 Å². The fourth-order valence-electron chi connectivity index (χ4n) is 3.56. The molecule has 2 heterocycles. The predicted molar refractivity (Wildman–Crippen MR) is 104 cm³/mol. The zero-order valence-corrected chi connectivity index (χ0v) is 18.7. The van der Waals surface area contributed by atoms with Crippen LogP contribution in [0.2, 0.25) is 0 Å². The maximum atomic E-state index is 12.2. The van der Waals surface area contributed by atoms with Crippen LogP contribution in [0.25, 0.3) is 0 Å². The zero-order valence-electron chi connectivity index (χ0n) is 17.0. The molecule has 0 aliphatic carbocycles. The van der Waals surface area contributed by atoms with Crippen LogP contribution in [0.4, 0.5) is 0 Å².